The second-order valence-corrected chi connectivity index (χ2v) is 6.70. The molecule has 0 aromatic carbocycles. The third-order valence-electron chi connectivity index (χ3n) is 3.69. The summed E-state index contributed by atoms with van der Waals surface area (Å²) in [5, 5.41) is 3.44. The molecule has 1 saturated heterocycles. The second kappa shape index (κ2) is 7.24. The van der Waals surface area contributed by atoms with Crippen molar-refractivity contribution in [2.75, 3.05) is 18.6 Å². The third kappa shape index (κ3) is 3.79. The molecule has 5 heteroatoms. The molecule has 0 aromatic rings. The second-order valence-electron chi connectivity index (χ2n) is 5.14. The van der Waals surface area contributed by atoms with E-state index >= 15 is 0 Å². The molecule has 1 amide bonds. The number of amides is 1. The molecular weight excluding hydrogens is 248 g/mol. The predicted molar refractivity (Wildman–Crippen MR) is 75.7 cm³/mol. The third-order valence-corrected chi connectivity index (χ3v) is 4.45. The Morgan fingerprint density at radius 1 is 1.44 bits per heavy atom. The Morgan fingerprint density at radius 2 is 2.11 bits per heavy atom. The first kappa shape index (κ1) is 15.6. The van der Waals surface area contributed by atoms with Gasteiger partial charge in [0.05, 0.1) is 12.2 Å². The van der Waals surface area contributed by atoms with Crippen LogP contribution < -0.4 is 5.32 Å². The summed E-state index contributed by atoms with van der Waals surface area (Å²) < 4.78 is 11.2. The fraction of sp³-hybridized carbons (Fsp3) is 0.923. The summed E-state index contributed by atoms with van der Waals surface area (Å²) in [6.45, 7) is 6.95. The minimum absolute atomic E-state index is 0.0585. The molecule has 4 nitrogen and oxygen atoms in total. The maximum absolute atomic E-state index is 12.4. The van der Waals surface area contributed by atoms with Crippen molar-refractivity contribution in [3.05, 3.63) is 0 Å². The molecule has 1 fully saturated rings. The van der Waals surface area contributed by atoms with Crippen molar-refractivity contribution in [1.82, 2.24) is 10.2 Å². The molecule has 106 valence electrons. The summed E-state index contributed by atoms with van der Waals surface area (Å²) >= 11 is 0. The maximum Gasteiger partial charge on any atom is 0.241 e. The number of carbonyl (C=O) groups is 1. The zero-order chi connectivity index (χ0) is 13.7. The van der Waals surface area contributed by atoms with Crippen molar-refractivity contribution in [3.63, 3.8) is 0 Å². The first-order chi connectivity index (χ1) is 8.51. The fourth-order valence-electron chi connectivity index (χ4n) is 2.35. The summed E-state index contributed by atoms with van der Waals surface area (Å²) in [5.41, 5.74) is 0. The molecule has 0 spiro atoms. The number of hydrogen-bond donors (Lipinski definition) is 1. The fourth-order valence-corrected chi connectivity index (χ4v) is 2.80. The number of hydrogen-bond acceptors (Lipinski definition) is 3. The Hall–Kier alpha value is -0.420. The lowest BCUT2D eigenvalue weighted by Crippen LogP contribution is -2.39. The Kier molecular flexibility index (Phi) is 6.29. The molecule has 1 heterocycles. The van der Waals surface area contributed by atoms with Crippen LogP contribution in [0.2, 0.25) is 0 Å². The van der Waals surface area contributed by atoms with E-state index < -0.39 is 10.8 Å². The van der Waals surface area contributed by atoms with Gasteiger partial charge in [-0.3, -0.25) is 14.3 Å². The zero-order valence-electron chi connectivity index (χ0n) is 11.9. The highest BCUT2D eigenvalue weighted by molar-refractivity contribution is 7.84. The topological polar surface area (TPSA) is 49.4 Å². The minimum Gasteiger partial charge on any atom is -0.325 e. The number of carbonyl (C=O) groups excluding carboxylic acids is 1. The number of nitrogens with one attached hydrogen (secondary N) is 1. The van der Waals surface area contributed by atoms with Crippen molar-refractivity contribution >= 4 is 16.7 Å². The lowest BCUT2D eigenvalue weighted by atomic mass is 9.99. The molecule has 18 heavy (non-hydrogen) atoms. The molecule has 1 N–H and O–H groups in total. The van der Waals surface area contributed by atoms with Gasteiger partial charge in [-0.25, -0.2) is 0 Å². The summed E-state index contributed by atoms with van der Waals surface area (Å²) in [7, 11) is -0.841. The Labute approximate surface area is 113 Å². The predicted octanol–water partition coefficient (Wildman–Crippen LogP) is 1.34. The zero-order valence-corrected chi connectivity index (χ0v) is 12.8. The van der Waals surface area contributed by atoms with Crippen LogP contribution in [-0.2, 0) is 15.6 Å². The van der Waals surface area contributed by atoms with Crippen molar-refractivity contribution in [2.24, 2.45) is 5.92 Å². The van der Waals surface area contributed by atoms with Gasteiger partial charge in [-0.1, -0.05) is 33.6 Å². The van der Waals surface area contributed by atoms with Crippen molar-refractivity contribution in [3.8, 4) is 0 Å². The lowest BCUT2D eigenvalue weighted by Gasteiger charge is -2.23. The van der Waals surface area contributed by atoms with Crippen LogP contribution in [0.3, 0.4) is 0 Å². The van der Waals surface area contributed by atoms with E-state index in [1.165, 1.54) is 0 Å². The molecule has 1 aliphatic rings. The van der Waals surface area contributed by atoms with Gasteiger partial charge in [-0.15, -0.1) is 0 Å². The molecule has 1 rings (SSSR count). The maximum atomic E-state index is 12.4. The molecule has 4 atom stereocenters. The first-order valence-corrected chi connectivity index (χ1v) is 8.60. The normalized spacial score (nSPS) is 27.6. The molecular formula is C13H26N2O2S. The summed E-state index contributed by atoms with van der Waals surface area (Å²) in [5.74, 6) is 1.11. The van der Waals surface area contributed by atoms with Gasteiger partial charge >= 0.3 is 0 Å². The molecule has 0 bridgehead atoms. The Balaban J connectivity index is 2.70. The SMILES string of the molecule is CCCC1NC(C(C)CC)C(=O)N1CCS(C)=O. The van der Waals surface area contributed by atoms with E-state index in [4.69, 9.17) is 0 Å². The summed E-state index contributed by atoms with van der Waals surface area (Å²) in [4.78, 5) is 14.3. The van der Waals surface area contributed by atoms with Crippen LogP contribution in [0.25, 0.3) is 0 Å². The smallest absolute Gasteiger partial charge is 0.241 e. The van der Waals surface area contributed by atoms with E-state index in [0.717, 1.165) is 19.3 Å². The van der Waals surface area contributed by atoms with Crippen molar-refractivity contribution < 1.29 is 9.00 Å². The number of nitrogens with zero attached hydrogens (tertiary/aromatic N) is 1. The van der Waals surface area contributed by atoms with Gasteiger partial charge in [-0.05, 0) is 12.3 Å². The first-order valence-electron chi connectivity index (χ1n) is 6.87. The number of rotatable bonds is 7. The Bertz CT molecular complexity index is 309. The Morgan fingerprint density at radius 3 is 2.61 bits per heavy atom. The molecule has 4 unspecified atom stereocenters. The average molecular weight is 274 g/mol. The van der Waals surface area contributed by atoms with Crippen LogP contribution in [0.5, 0.6) is 0 Å². The van der Waals surface area contributed by atoms with E-state index in [9.17, 15) is 9.00 Å². The minimum atomic E-state index is -0.841. The van der Waals surface area contributed by atoms with Gasteiger partial charge in [0.1, 0.15) is 0 Å². The van der Waals surface area contributed by atoms with Crippen LogP contribution in [-0.4, -0.2) is 45.8 Å². The van der Waals surface area contributed by atoms with E-state index in [-0.39, 0.29) is 18.1 Å². The molecule has 1 aliphatic heterocycles. The highest BCUT2D eigenvalue weighted by atomic mass is 32.2. The van der Waals surface area contributed by atoms with Gasteiger partial charge in [0.15, 0.2) is 0 Å². The summed E-state index contributed by atoms with van der Waals surface area (Å²) in [6.07, 6.45) is 4.83. The van der Waals surface area contributed by atoms with E-state index in [2.05, 4.69) is 26.1 Å². The van der Waals surface area contributed by atoms with Gasteiger partial charge in [0, 0.05) is 29.4 Å². The van der Waals surface area contributed by atoms with Crippen molar-refractivity contribution in [1.29, 1.82) is 0 Å². The quantitative estimate of drug-likeness (QED) is 0.762. The lowest BCUT2D eigenvalue weighted by molar-refractivity contribution is -0.130. The van der Waals surface area contributed by atoms with Crippen LogP contribution in [0.1, 0.15) is 40.0 Å². The van der Waals surface area contributed by atoms with Crippen molar-refractivity contribution in [2.45, 2.75) is 52.2 Å². The van der Waals surface area contributed by atoms with Crippen LogP contribution in [0.4, 0.5) is 0 Å². The van der Waals surface area contributed by atoms with Crippen LogP contribution in [0, 0.1) is 5.92 Å². The standard InChI is InChI=1S/C13H26N2O2S/c1-5-7-11-14-12(10(3)6-2)13(16)15(11)8-9-18(4)17/h10-12,14H,5-9H2,1-4H3. The van der Waals surface area contributed by atoms with Crippen LogP contribution in [0.15, 0.2) is 0 Å². The van der Waals surface area contributed by atoms with Gasteiger partial charge in [0.25, 0.3) is 0 Å². The highest BCUT2D eigenvalue weighted by Crippen LogP contribution is 2.21. The largest absolute Gasteiger partial charge is 0.325 e. The monoisotopic (exact) mass is 274 g/mol. The van der Waals surface area contributed by atoms with Gasteiger partial charge in [0.2, 0.25) is 5.91 Å². The van der Waals surface area contributed by atoms with Gasteiger partial charge < -0.3 is 4.90 Å². The highest BCUT2D eigenvalue weighted by Gasteiger charge is 2.40. The van der Waals surface area contributed by atoms with E-state index in [0.29, 0.717) is 18.2 Å². The van der Waals surface area contributed by atoms with Gasteiger partial charge in [-0.2, -0.15) is 0 Å². The van der Waals surface area contributed by atoms with Crippen LogP contribution >= 0.6 is 0 Å². The summed E-state index contributed by atoms with van der Waals surface area (Å²) in [6, 6.07) is -0.0585. The molecule has 0 aliphatic carbocycles. The average Bonchev–Trinajstić information content (AvgIpc) is 2.63. The molecule has 0 aromatic heterocycles. The van der Waals surface area contributed by atoms with E-state index in [1.807, 2.05) is 4.90 Å². The van der Waals surface area contributed by atoms with E-state index in [1.54, 1.807) is 6.26 Å². The molecule has 0 radical (unpaired) electrons. The molecule has 0 saturated carbocycles.